The van der Waals surface area contributed by atoms with E-state index in [-0.39, 0.29) is 6.42 Å². The molecule has 2 aromatic carbocycles. The van der Waals surface area contributed by atoms with Gasteiger partial charge in [0.05, 0.1) is 11.8 Å². The van der Waals surface area contributed by atoms with Crippen LogP contribution < -0.4 is 5.73 Å². The molecule has 10 heteroatoms. The average Bonchev–Trinajstić information content (AvgIpc) is 3.20. The summed E-state index contributed by atoms with van der Waals surface area (Å²) in [5.74, 6) is -1.31. The van der Waals surface area contributed by atoms with Crippen molar-refractivity contribution < 1.29 is 22.4 Å². The van der Waals surface area contributed by atoms with Crippen molar-refractivity contribution in [2.45, 2.75) is 43.6 Å². The molecule has 0 bridgehead atoms. The van der Waals surface area contributed by atoms with Gasteiger partial charge < -0.3 is 10.6 Å². The second-order valence-electron chi connectivity index (χ2n) is 7.98. The van der Waals surface area contributed by atoms with Gasteiger partial charge in [-0.2, -0.15) is 4.91 Å². The molecule has 0 aromatic heterocycles. The topological polar surface area (TPSA) is 128 Å². The van der Waals surface area contributed by atoms with Crippen LogP contribution in [-0.2, 0) is 25.9 Å². The van der Waals surface area contributed by atoms with E-state index in [9.17, 15) is 22.5 Å². The largest absolute Gasteiger partial charge is 0.392 e. The van der Waals surface area contributed by atoms with E-state index in [2.05, 4.69) is 10.3 Å². The number of oxime groups is 1. The Morgan fingerprint density at radius 2 is 1.91 bits per heavy atom. The first-order chi connectivity index (χ1) is 15.1. The number of sulfone groups is 1. The Hall–Kier alpha value is -3.14. The van der Waals surface area contributed by atoms with E-state index >= 15 is 0 Å². The number of hydrogen-bond donors (Lipinski definition) is 1. The molecule has 3 rings (SSSR count). The number of benzene rings is 2. The molecule has 1 amide bonds. The van der Waals surface area contributed by atoms with Crippen LogP contribution in [0.3, 0.4) is 0 Å². The molecular formula is C22H24FN3O5S. The van der Waals surface area contributed by atoms with Crippen LogP contribution in [0, 0.1) is 10.7 Å². The van der Waals surface area contributed by atoms with Gasteiger partial charge in [-0.25, -0.2) is 12.8 Å². The van der Waals surface area contributed by atoms with Crippen LogP contribution in [0.25, 0.3) is 11.1 Å². The highest BCUT2D eigenvalue weighted by atomic mass is 32.2. The monoisotopic (exact) mass is 461 g/mol. The first-order valence-corrected chi connectivity index (χ1v) is 12.0. The van der Waals surface area contributed by atoms with Crippen LogP contribution >= 0.6 is 0 Å². The van der Waals surface area contributed by atoms with Gasteiger partial charge >= 0.3 is 0 Å². The smallest absolute Gasteiger partial charge is 0.235 e. The third-order valence-electron chi connectivity index (χ3n) is 5.32. The normalized spacial score (nSPS) is 17.8. The van der Waals surface area contributed by atoms with Crippen molar-refractivity contribution in [3.05, 3.63) is 64.3 Å². The van der Waals surface area contributed by atoms with Gasteiger partial charge in [-0.15, -0.1) is 0 Å². The van der Waals surface area contributed by atoms with Gasteiger partial charge in [-0.05, 0) is 36.1 Å². The molecule has 0 fully saturated rings. The molecular weight excluding hydrogens is 437 g/mol. The van der Waals surface area contributed by atoms with Gasteiger partial charge in [-0.1, -0.05) is 46.7 Å². The predicted molar refractivity (Wildman–Crippen MR) is 119 cm³/mol. The summed E-state index contributed by atoms with van der Waals surface area (Å²) in [4.78, 5) is 27.3. The number of nitroso groups, excluding NO2 is 1. The fourth-order valence-electron chi connectivity index (χ4n) is 3.61. The van der Waals surface area contributed by atoms with Crippen molar-refractivity contribution in [2.75, 3.05) is 6.26 Å². The second kappa shape index (κ2) is 9.56. The molecule has 2 N–H and O–H groups in total. The standard InChI is InChI=1S/C22H24FN3O5S/c1-13(25-28)9-14-3-8-18(19(23)10-14)15-4-6-16(7-5-15)20-11-17(31-26-20)12-21(22(24)27)32(2,29)30/h3-8,10,13,17,21H,9,11-12H2,1-2H3,(H2,24,27). The maximum atomic E-state index is 14.6. The Labute approximate surface area is 185 Å². The van der Waals surface area contributed by atoms with E-state index in [0.717, 1.165) is 11.8 Å². The second-order valence-corrected chi connectivity index (χ2v) is 10.2. The van der Waals surface area contributed by atoms with Crippen LogP contribution in [0.1, 0.15) is 30.9 Å². The Kier molecular flexibility index (Phi) is 7.02. The number of carbonyl (C=O) groups is 1. The Morgan fingerprint density at radius 1 is 1.25 bits per heavy atom. The van der Waals surface area contributed by atoms with Crippen molar-refractivity contribution in [3.8, 4) is 11.1 Å². The molecule has 170 valence electrons. The average molecular weight is 462 g/mol. The molecule has 0 radical (unpaired) electrons. The van der Waals surface area contributed by atoms with Crippen molar-refractivity contribution in [3.63, 3.8) is 0 Å². The summed E-state index contributed by atoms with van der Waals surface area (Å²) in [7, 11) is -3.65. The molecule has 0 saturated heterocycles. The maximum absolute atomic E-state index is 14.6. The van der Waals surface area contributed by atoms with Gasteiger partial charge in [-0.3, -0.25) is 4.79 Å². The number of hydrogen-bond acceptors (Lipinski definition) is 7. The predicted octanol–water partition coefficient (Wildman–Crippen LogP) is 2.97. The molecule has 1 heterocycles. The van der Waals surface area contributed by atoms with E-state index in [1.807, 2.05) is 0 Å². The lowest BCUT2D eigenvalue weighted by Crippen LogP contribution is -2.38. The Bertz CT molecular complexity index is 1150. The van der Waals surface area contributed by atoms with Crippen molar-refractivity contribution in [1.82, 2.24) is 0 Å². The van der Waals surface area contributed by atoms with Gasteiger partial charge in [0, 0.05) is 24.7 Å². The third-order valence-corrected chi connectivity index (χ3v) is 6.78. The van der Waals surface area contributed by atoms with E-state index in [1.165, 1.54) is 6.07 Å². The number of rotatable bonds is 9. The zero-order chi connectivity index (χ0) is 23.5. The maximum Gasteiger partial charge on any atom is 0.235 e. The van der Waals surface area contributed by atoms with Crippen LogP contribution in [-0.4, -0.2) is 43.7 Å². The minimum Gasteiger partial charge on any atom is -0.392 e. The fraction of sp³-hybridized carbons (Fsp3) is 0.364. The highest BCUT2D eigenvalue weighted by Crippen LogP contribution is 2.27. The van der Waals surface area contributed by atoms with Gasteiger partial charge in [0.1, 0.15) is 17.2 Å². The van der Waals surface area contributed by atoms with Crippen LogP contribution in [0.4, 0.5) is 4.39 Å². The highest BCUT2D eigenvalue weighted by Gasteiger charge is 2.33. The minimum atomic E-state index is -3.65. The molecule has 2 aromatic rings. The summed E-state index contributed by atoms with van der Waals surface area (Å²) < 4.78 is 38.1. The Balaban J connectivity index is 1.69. The molecule has 32 heavy (non-hydrogen) atoms. The van der Waals surface area contributed by atoms with E-state index in [0.29, 0.717) is 35.2 Å². The van der Waals surface area contributed by atoms with Crippen LogP contribution in [0.2, 0.25) is 0 Å². The minimum absolute atomic E-state index is 0.0744. The number of carbonyl (C=O) groups excluding carboxylic acids is 1. The summed E-state index contributed by atoms with van der Waals surface area (Å²) in [5.41, 5.74) is 8.34. The summed E-state index contributed by atoms with van der Waals surface area (Å²) in [6.07, 6.45) is 1.00. The van der Waals surface area contributed by atoms with Crippen molar-refractivity contribution in [2.24, 2.45) is 16.1 Å². The summed E-state index contributed by atoms with van der Waals surface area (Å²) in [6, 6.07) is 11.5. The Morgan fingerprint density at radius 3 is 2.47 bits per heavy atom. The van der Waals surface area contributed by atoms with Gasteiger partial charge in [0.25, 0.3) is 0 Å². The van der Waals surface area contributed by atoms with Crippen molar-refractivity contribution in [1.29, 1.82) is 0 Å². The quantitative estimate of drug-likeness (QED) is 0.574. The van der Waals surface area contributed by atoms with E-state index < -0.39 is 39.0 Å². The lowest BCUT2D eigenvalue weighted by Gasteiger charge is -2.14. The molecule has 1 aliphatic heterocycles. The van der Waals surface area contributed by atoms with E-state index in [1.54, 1.807) is 43.3 Å². The zero-order valence-electron chi connectivity index (χ0n) is 17.7. The first-order valence-electron chi connectivity index (χ1n) is 10.0. The number of nitrogens with zero attached hydrogens (tertiary/aromatic N) is 2. The SMILES string of the molecule is CC(Cc1ccc(-c2ccc(C3=NOC(CC(C(N)=O)S(C)(=O)=O)C3)cc2)c(F)c1)N=O. The molecule has 0 spiro atoms. The summed E-state index contributed by atoms with van der Waals surface area (Å²) >= 11 is 0. The van der Waals surface area contributed by atoms with Crippen LogP contribution in [0.5, 0.6) is 0 Å². The fourth-order valence-corrected chi connectivity index (χ4v) is 4.59. The molecule has 3 atom stereocenters. The summed E-state index contributed by atoms with van der Waals surface area (Å²) in [6.45, 7) is 1.67. The first kappa shape index (κ1) is 23.5. The lowest BCUT2D eigenvalue weighted by atomic mass is 9.97. The lowest BCUT2D eigenvalue weighted by molar-refractivity contribution is -0.118. The number of nitrogens with two attached hydrogens (primary N) is 1. The van der Waals surface area contributed by atoms with E-state index in [4.69, 9.17) is 10.6 Å². The van der Waals surface area contributed by atoms with Crippen molar-refractivity contribution >= 4 is 21.5 Å². The third kappa shape index (κ3) is 5.56. The van der Waals surface area contributed by atoms with Crippen LogP contribution in [0.15, 0.2) is 52.8 Å². The molecule has 0 saturated carbocycles. The highest BCUT2D eigenvalue weighted by molar-refractivity contribution is 7.92. The van der Waals surface area contributed by atoms with Gasteiger partial charge in [0.15, 0.2) is 9.84 Å². The summed E-state index contributed by atoms with van der Waals surface area (Å²) in [5, 5.41) is 5.61. The number of amides is 1. The molecule has 3 unspecified atom stereocenters. The van der Waals surface area contributed by atoms with Gasteiger partial charge in [0.2, 0.25) is 5.91 Å². The zero-order valence-corrected chi connectivity index (χ0v) is 18.5. The number of primary amides is 1. The molecule has 1 aliphatic rings. The molecule has 0 aliphatic carbocycles. The molecule has 8 nitrogen and oxygen atoms in total. The number of halogens is 1.